The average molecular weight is 364 g/mol. The van der Waals surface area contributed by atoms with Gasteiger partial charge in [0.1, 0.15) is 23.2 Å². The SMILES string of the molecule is CC(Cc1ccc(OC2CN(CC3(N)CC3)C2)c(C(=O)O)c1O)B(O)O. The fourth-order valence-corrected chi connectivity index (χ4v) is 3.21. The number of aromatic hydroxyl groups is 1. The predicted molar refractivity (Wildman–Crippen MR) is 95.4 cm³/mol. The van der Waals surface area contributed by atoms with Gasteiger partial charge in [0.05, 0.1) is 0 Å². The zero-order valence-electron chi connectivity index (χ0n) is 14.8. The van der Waals surface area contributed by atoms with E-state index in [-0.39, 0.29) is 29.4 Å². The first-order valence-corrected chi connectivity index (χ1v) is 8.81. The predicted octanol–water partition coefficient (Wildman–Crippen LogP) is 0.0501. The third-order valence-electron chi connectivity index (χ3n) is 5.14. The summed E-state index contributed by atoms with van der Waals surface area (Å²) in [6, 6.07) is 3.08. The largest absolute Gasteiger partial charge is 0.507 e. The Hall–Kier alpha value is -1.81. The summed E-state index contributed by atoms with van der Waals surface area (Å²) in [5.41, 5.74) is 6.07. The van der Waals surface area contributed by atoms with E-state index in [0.29, 0.717) is 18.7 Å². The molecule has 1 aromatic carbocycles. The number of phenols is 1. The van der Waals surface area contributed by atoms with Gasteiger partial charge in [-0.1, -0.05) is 13.0 Å². The van der Waals surface area contributed by atoms with Gasteiger partial charge < -0.3 is 30.7 Å². The van der Waals surface area contributed by atoms with Gasteiger partial charge in [0.25, 0.3) is 0 Å². The molecule has 0 radical (unpaired) electrons. The second-order valence-corrected chi connectivity index (χ2v) is 7.64. The molecule has 1 aliphatic heterocycles. The van der Waals surface area contributed by atoms with Crippen molar-refractivity contribution in [3.05, 3.63) is 23.3 Å². The van der Waals surface area contributed by atoms with Crippen molar-refractivity contribution < 1.29 is 29.8 Å². The zero-order valence-corrected chi connectivity index (χ0v) is 14.8. The summed E-state index contributed by atoms with van der Waals surface area (Å²) in [6.45, 7) is 3.77. The number of nitrogens with two attached hydrogens (primary N) is 1. The minimum absolute atomic E-state index is 0.0644. The molecule has 0 spiro atoms. The maximum Gasteiger partial charge on any atom is 0.454 e. The van der Waals surface area contributed by atoms with Gasteiger partial charge in [0.15, 0.2) is 0 Å². The molecule has 1 saturated carbocycles. The lowest BCUT2D eigenvalue weighted by atomic mass is 9.71. The Morgan fingerprint density at radius 2 is 2.08 bits per heavy atom. The fraction of sp³-hybridized carbons (Fsp3) is 0.588. The second kappa shape index (κ2) is 7.07. The summed E-state index contributed by atoms with van der Waals surface area (Å²) in [5.74, 6) is -2.10. The van der Waals surface area contributed by atoms with Crippen molar-refractivity contribution in [2.24, 2.45) is 5.73 Å². The van der Waals surface area contributed by atoms with Crippen molar-refractivity contribution >= 4 is 13.1 Å². The first-order valence-electron chi connectivity index (χ1n) is 8.81. The minimum atomic E-state index is -1.54. The van der Waals surface area contributed by atoms with Crippen molar-refractivity contribution in [3.8, 4) is 11.5 Å². The molecule has 8 nitrogen and oxygen atoms in total. The van der Waals surface area contributed by atoms with Crippen molar-refractivity contribution in [1.29, 1.82) is 0 Å². The number of hydrogen-bond acceptors (Lipinski definition) is 7. The molecule has 1 heterocycles. The molecule has 1 unspecified atom stereocenters. The summed E-state index contributed by atoms with van der Waals surface area (Å²) >= 11 is 0. The molecule has 2 fully saturated rings. The van der Waals surface area contributed by atoms with Gasteiger partial charge in [-0.2, -0.15) is 0 Å². The molecule has 1 aliphatic carbocycles. The highest BCUT2D eigenvalue weighted by atomic mass is 16.5. The lowest BCUT2D eigenvalue weighted by molar-refractivity contribution is 0.0137. The van der Waals surface area contributed by atoms with Crippen LogP contribution in [0, 0.1) is 0 Å². The number of hydrogen-bond donors (Lipinski definition) is 5. The summed E-state index contributed by atoms with van der Waals surface area (Å²) < 4.78 is 5.77. The van der Waals surface area contributed by atoms with E-state index in [2.05, 4.69) is 4.90 Å². The van der Waals surface area contributed by atoms with Gasteiger partial charge in [-0.25, -0.2) is 4.79 Å². The fourth-order valence-electron chi connectivity index (χ4n) is 3.21. The van der Waals surface area contributed by atoms with Crippen molar-refractivity contribution in [2.45, 2.75) is 43.6 Å². The standard InChI is InChI=1S/C17H25BN2O6/c1-10(18(24)25)6-11-2-3-13(14(15(11)21)16(22)23)26-12-7-20(8-12)9-17(19)4-5-17/h2-3,10,12,21,24-25H,4-9,19H2,1H3,(H,22,23). The molecule has 9 heteroatoms. The molecule has 1 saturated heterocycles. The minimum Gasteiger partial charge on any atom is -0.507 e. The van der Waals surface area contributed by atoms with Crippen molar-refractivity contribution in [2.75, 3.05) is 19.6 Å². The highest BCUT2D eigenvalue weighted by Crippen LogP contribution is 2.37. The van der Waals surface area contributed by atoms with Gasteiger partial charge in [-0.15, -0.1) is 0 Å². The molecule has 26 heavy (non-hydrogen) atoms. The number of benzene rings is 1. The van der Waals surface area contributed by atoms with Crippen LogP contribution in [-0.4, -0.2) is 69.5 Å². The Balaban J connectivity index is 1.67. The van der Waals surface area contributed by atoms with Crippen LogP contribution in [0.1, 0.15) is 35.7 Å². The molecular weight excluding hydrogens is 339 g/mol. The van der Waals surface area contributed by atoms with Gasteiger partial charge >= 0.3 is 13.1 Å². The molecule has 0 aromatic heterocycles. The Kier molecular flexibility index (Phi) is 5.16. The number of nitrogens with zero attached hydrogens (tertiary/aromatic N) is 1. The van der Waals surface area contributed by atoms with Gasteiger partial charge in [-0.3, -0.25) is 4.90 Å². The van der Waals surface area contributed by atoms with Gasteiger partial charge in [0, 0.05) is 25.2 Å². The molecule has 0 amide bonds. The molecule has 2 aliphatic rings. The normalized spacial score (nSPS) is 20.3. The molecule has 1 atom stereocenters. The van der Waals surface area contributed by atoms with E-state index in [4.69, 9.17) is 10.5 Å². The lowest BCUT2D eigenvalue weighted by Gasteiger charge is -2.40. The van der Waals surface area contributed by atoms with E-state index in [1.54, 1.807) is 13.0 Å². The van der Waals surface area contributed by atoms with Crippen LogP contribution in [0.4, 0.5) is 0 Å². The maximum atomic E-state index is 11.6. The molecular formula is C17H25BN2O6. The van der Waals surface area contributed by atoms with Crippen LogP contribution in [0.2, 0.25) is 5.82 Å². The molecule has 3 rings (SSSR count). The molecule has 6 N–H and O–H groups in total. The van der Waals surface area contributed by atoms with E-state index in [9.17, 15) is 25.1 Å². The quantitative estimate of drug-likeness (QED) is 0.408. The van der Waals surface area contributed by atoms with Crippen LogP contribution in [0.25, 0.3) is 0 Å². The Morgan fingerprint density at radius 1 is 1.42 bits per heavy atom. The smallest absolute Gasteiger partial charge is 0.454 e. The van der Waals surface area contributed by atoms with E-state index < -0.39 is 24.7 Å². The second-order valence-electron chi connectivity index (χ2n) is 7.64. The highest BCUT2D eigenvalue weighted by Gasteiger charge is 2.43. The number of rotatable bonds is 8. The van der Waals surface area contributed by atoms with E-state index in [1.165, 1.54) is 6.07 Å². The van der Waals surface area contributed by atoms with E-state index in [1.807, 2.05) is 0 Å². The first kappa shape index (κ1) is 19.0. The first-order chi connectivity index (χ1) is 12.2. The summed E-state index contributed by atoms with van der Waals surface area (Å²) in [7, 11) is -1.54. The Labute approximate surface area is 152 Å². The number of carbonyl (C=O) groups is 1. The van der Waals surface area contributed by atoms with Crippen LogP contribution in [0.5, 0.6) is 11.5 Å². The number of carboxylic acid groups (broad SMARTS) is 1. The van der Waals surface area contributed by atoms with E-state index >= 15 is 0 Å². The third-order valence-corrected chi connectivity index (χ3v) is 5.14. The number of aromatic carboxylic acids is 1. The Bertz CT molecular complexity index is 688. The zero-order chi connectivity index (χ0) is 19.1. The van der Waals surface area contributed by atoms with Crippen molar-refractivity contribution in [3.63, 3.8) is 0 Å². The maximum absolute atomic E-state index is 11.6. The molecule has 0 bridgehead atoms. The highest BCUT2D eigenvalue weighted by molar-refractivity contribution is 6.43. The van der Waals surface area contributed by atoms with Crippen LogP contribution in [0.15, 0.2) is 12.1 Å². The van der Waals surface area contributed by atoms with Crippen LogP contribution in [-0.2, 0) is 6.42 Å². The van der Waals surface area contributed by atoms with Gasteiger partial charge in [0.2, 0.25) is 0 Å². The summed E-state index contributed by atoms with van der Waals surface area (Å²) in [4.78, 5) is 13.8. The monoisotopic (exact) mass is 364 g/mol. The van der Waals surface area contributed by atoms with Crippen molar-refractivity contribution in [1.82, 2.24) is 4.90 Å². The topological polar surface area (TPSA) is 136 Å². The summed E-state index contributed by atoms with van der Waals surface area (Å²) in [5, 5.41) is 38.2. The van der Waals surface area contributed by atoms with E-state index in [0.717, 1.165) is 19.4 Å². The van der Waals surface area contributed by atoms with Crippen LogP contribution >= 0.6 is 0 Å². The lowest BCUT2D eigenvalue weighted by Crippen LogP contribution is -2.57. The third kappa shape index (κ3) is 4.12. The average Bonchev–Trinajstić information content (AvgIpc) is 3.24. The van der Waals surface area contributed by atoms with Crippen LogP contribution in [0.3, 0.4) is 0 Å². The molecule has 1 aromatic rings. The number of carboxylic acids is 1. The van der Waals surface area contributed by atoms with Crippen LogP contribution < -0.4 is 10.5 Å². The Morgan fingerprint density at radius 3 is 2.62 bits per heavy atom. The number of likely N-dealkylation sites (tertiary alicyclic amines) is 1. The van der Waals surface area contributed by atoms with Gasteiger partial charge in [-0.05, 0) is 36.7 Å². The summed E-state index contributed by atoms with van der Waals surface area (Å²) in [6.07, 6.45) is 2.07. The number of ether oxygens (including phenoxy) is 1. The molecule has 142 valence electrons.